The van der Waals surface area contributed by atoms with Crippen molar-refractivity contribution in [2.75, 3.05) is 11.6 Å². The molecule has 23 heavy (non-hydrogen) atoms. The first kappa shape index (κ1) is 15.9. The van der Waals surface area contributed by atoms with E-state index >= 15 is 0 Å². The normalized spacial score (nSPS) is 13.7. The molecule has 0 aromatic carbocycles. The number of rotatable bonds is 3. The fourth-order valence-electron chi connectivity index (χ4n) is 2.53. The van der Waals surface area contributed by atoms with Crippen LogP contribution in [0.25, 0.3) is 0 Å². The number of carbonyl (C=O) groups is 2. The largest absolute Gasteiger partial charge is 0.325 e. The molecule has 2 heterocycles. The predicted octanol–water partition coefficient (Wildman–Crippen LogP) is 2.63. The van der Waals surface area contributed by atoms with E-state index in [0.717, 1.165) is 16.3 Å². The van der Waals surface area contributed by atoms with Gasteiger partial charge in [0.25, 0.3) is 11.5 Å². The maximum Gasteiger partial charge on any atom is 0.263 e. The number of ketones is 1. The summed E-state index contributed by atoms with van der Waals surface area (Å²) in [6.45, 7) is 1.86. The van der Waals surface area contributed by atoms with Crippen molar-refractivity contribution in [1.82, 2.24) is 9.97 Å². The Morgan fingerprint density at radius 1 is 1.39 bits per heavy atom. The highest BCUT2D eigenvalue weighted by Crippen LogP contribution is 2.30. The highest BCUT2D eigenvalue weighted by Gasteiger charge is 2.22. The monoisotopic (exact) mass is 349 g/mol. The molecule has 1 aliphatic carbocycles. The van der Waals surface area contributed by atoms with E-state index in [1.165, 1.54) is 17.4 Å². The van der Waals surface area contributed by atoms with Gasteiger partial charge >= 0.3 is 0 Å². The van der Waals surface area contributed by atoms with Crippen molar-refractivity contribution in [2.24, 2.45) is 0 Å². The van der Waals surface area contributed by atoms with Crippen LogP contribution in [0.4, 0.5) is 5.13 Å². The van der Waals surface area contributed by atoms with Crippen LogP contribution in [0, 0.1) is 6.92 Å². The van der Waals surface area contributed by atoms with Gasteiger partial charge in [0, 0.05) is 17.7 Å². The number of carbonyl (C=O) groups excluding carboxylic acids is 2. The number of nitrogens with one attached hydrogen (secondary N) is 2. The molecule has 1 amide bonds. The summed E-state index contributed by atoms with van der Waals surface area (Å²) in [6, 6.07) is 1.40. The molecule has 0 spiro atoms. The standard InChI is InChI=1S/C15H15N3O3S2/c1-7-14(22-2)23-15(16-7)18-13(21)9-6-8-10(17-12(9)20)4-3-5-11(8)19/h6H,3-5H2,1-2H3,(H,17,20)(H,16,18,21). The molecule has 0 saturated heterocycles. The first-order valence-corrected chi connectivity index (χ1v) is 9.16. The van der Waals surface area contributed by atoms with E-state index < -0.39 is 11.5 Å². The quantitative estimate of drug-likeness (QED) is 0.831. The van der Waals surface area contributed by atoms with Gasteiger partial charge in [0.05, 0.1) is 9.90 Å². The van der Waals surface area contributed by atoms with Crippen LogP contribution in [0.2, 0.25) is 0 Å². The molecule has 0 unspecified atom stereocenters. The number of hydrogen-bond acceptors (Lipinski definition) is 6. The van der Waals surface area contributed by atoms with E-state index in [1.54, 1.807) is 11.8 Å². The number of pyridine rings is 1. The number of anilines is 1. The molecule has 0 fully saturated rings. The third-order valence-electron chi connectivity index (χ3n) is 3.66. The second-order valence-corrected chi connectivity index (χ2v) is 7.31. The summed E-state index contributed by atoms with van der Waals surface area (Å²) < 4.78 is 1.01. The molecule has 0 atom stereocenters. The number of H-pyrrole nitrogens is 1. The van der Waals surface area contributed by atoms with Gasteiger partial charge in [-0.3, -0.25) is 19.7 Å². The van der Waals surface area contributed by atoms with Crippen LogP contribution in [0.3, 0.4) is 0 Å². The average Bonchev–Trinajstić information content (AvgIpc) is 2.86. The summed E-state index contributed by atoms with van der Waals surface area (Å²) >= 11 is 2.91. The smallest absolute Gasteiger partial charge is 0.263 e. The average molecular weight is 349 g/mol. The van der Waals surface area contributed by atoms with Gasteiger partial charge in [0.1, 0.15) is 5.56 Å². The lowest BCUT2D eigenvalue weighted by atomic mass is 9.94. The third kappa shape index (κ3) is 3.09. The number of aromatic amines is 1. The van der Waals surface area contributed by atoms with Crippen LogP contribution in [-0.4, -0.2) is 27.9 Å². The number of amides is 1. The Hall–Kier alpha value is -1.93. The molecule has 0 radical (unpaired) electrons. The van der Waals surface area contributed by atoms with E-state index in [2.05, 4.69) is 15.3 Å². The van der Waals surface area contributed by atoms with Crippen molar-refractivity contribution in [2.45, 2.75) is 30.4 Å². The zero-order valence-corrected chi connectivity index (χ0v) is 14.3. The van der Waals surface area contributed by atoms with E-state index in [-0.39, 0.29) is 11.3 Å². The summed E-state index contributed by atoms with van der Waals surface area (Å²) in [7, 11) is 0. The maximum atomic E-state index is 12.4. The predicted molar refractivity (Wildman–Crippen MR) is 90.9 cm³/mol. The van der Waals surface area contributed by atoms with Gasteiger partial charge in [-0.1, -0.05) is 11.3 Å². The molecule has 1 aliphatic rings. The molecular formula is C15H15N3O3S2. The Labute approximate surface area is 140 Å². The number of aryl methyl sites for hydroxylation is 2. The Bertz CT molecular complexity index is 854. The lowest BCUT2D eigenvalue weighted by Gasteiger charge is -2.14. The molecule has 120 valence electrons. The maximum absolute atomic E-state index is 12.4. The SMILES string of the molecule is CSc1sc(NC(=O)c2cc3c([nH]c2=O)CCCC3=O)nc1C. The number of thiazole rings is 1. The van der Waals surface area contributed by atoms with E-state index in [9.17, 15) is 14.4 Å². The Balaban J connectivity index is 1.91. The van der Waals surface area contributed by atoms with Gasteiger partial charge in [-0.15, -0.1) is 11.8 Å². The van der Waals surface area contributed by atoms with Crippen molar-refractivity contribution in [3.05, 3.63) is 38.9 Å². The van der Waals surface area contributed by atoms with Gasteiger partial charge in [0.2, 0.25) is 0 Å². The minimum Gasteiger partial charge on any atom is -0.325 e. The molecule has 3 rings (SSSR count). The van der Waals surface area contributed by atoms with Crippen molar-refractivity contribution in [3.63, 3.8) is 0 Å². The summed E-state index contributed by atoms with van der Waals surface area (Å²) in [4.78, 5) is 43.3. The van der Waals surface area contributed by atoms with Crippen LogP contribution in [0.15, 0.2) is 15.1 Å². The lowest BCUT2D eigenvalue weighted by molar-refractivity contribution is 0.0971. The number of fused-ring (bicyclic) bond motifs is 1. The summed E-state index contributed by atoms with van der Waals surface area (Å²) in [5, 5.41) is 3.08. The van der Waals surface area contributed by atoms with Gasteiger partial charge in [-0.25, -0.2) is 4.98 Å². The first-order valence-electron chi connectivity index (χ1n) is 7.11. The fourth-order valence-corrected chi connectivity index (χ4v) is 4.14. The lowest BCUT2D eigenvalue weighted by Crippen LogP contribution is -2.27. The number of nitrogens with zero attached hydrogens (tertiary/aromatic N) is 1. The second-order valence-electron chi connectivity index (χ2n) is 5.23. The third-order valence-corrected chi connectivity index (χ3v) is 5.94. The minimum atomic E-state index is -0.547. The Morgan fingerprint density at radius 3 is 2.87 bits per heavy atom. The summed E-state index contributed by atoms with van der Waals surface area (Å²) in [5.41, 5.74) is 1.37. The molecule has 6 nitrogen and oxygen atoms in total. The highest BCUT2D eigenvalue weighted by atomic mass is 32.2. The minimum absolute atomic E-state index is 0.0358. The number of thioether (sulfide) groups is 1. The molecule has 2 aromatic heterocycles. The Morgan fingerprint density at radius 2 is 2.17 bits per heavy atom. The summed E-state index contributed by atoms with van der Waals surface area (Å²) in [6.07, 6.45) is 3.76. The van der Waals surface area contributed by atoms with Crippen molar-refractivity contribution >= 4 is 39.9 Å². The fraction of sp³-hybridized carbons (Fsp3) is 0.333. The van der Waals surface area contributed by atoms with E-state index in [1.807, 2.05) is 13.2 Å². The highest BCUT2D eigenvalue weighted by molar-refractivity contribution is 8.00. The zero-order valence-electron chi connectivity index (χ0n) is 12.7. The molecule has 8 heteroatoms. The van der Waals surface area contributed by atoms with Crippen molar-refractivity contribution in [1.29, 1.82) is 0 Å². The second kappa shape index (κ2) is 6.29. The van der Waals surface area contributed by atoms with Crippen LogP contribution < -0.4 is 10.9 Å². The van der Waals surface area contributed by atoms with E-state index in [0.29, 0.717) is 29.2 Å². The number of aromatic nitrogens is 2. The Kier molecular flexibility index (Phi) is 4.36. The number of Topliss-reactive ketones (excluding diaryl/α,β-unsaturated/α-hetero) is 1. The first-order chi connectivity index (χ1) is 11.0. The van der Waals surface area contributed by atoms with Crippen LogP contribution >= 0.6 is 23.1 Å². The number of hydrogen-bond donors (Lipinski definition) is 2. The van der Waals surface area contributed by atoms with Crippen LogP contribution in [0.1, 0.15) is 44.9 Å². The topological polar surface area (TPSA) is 91.9 Å². The van der Waals surface area contributed by atoms with Gasteiger partial charge in [-0.05, 0) is 32.1 Å². The molecule has 2 N–H and O–H groups in total. The van der Waals surface area contributed by atoms with Gasteiger partial charge in [0.15, 0.2) is 10.9 Å². The van der Waals surface area contributed by atoms with Gasteiger partial charge < -0.3 is 4.98 Å². The van der Waals surface area contributed by atoms with Crippen LogP contribution in [0.5, 0.6) is 0 Å². The zero-order chi connectivity index (χ0) is 16.6. The van der Waals surface area contributed by atoms with Gasteiger partial charge in [-0.2, -0.15) is 0 Å². The molecule has 0 bridgehead atoms. The summed E-state index contributed by atoms with van der Waals surface area (Å²) in [5.74, 6) is -0.583. The molecule has 0 aliphatic heterocycles. The van der Waals surface area contributed by atoms with Crippen molar-refractivity contribution in [3.8, 4) is 0 Å². The molecular weight excluding hydrogens is 334 g/mol. The molecule has 2 aromatic rings. The molecule has 0 saturated carbocycles. The van der Waals surface area contributed by atoms with E-state index in [4.69, 9.17) is 0 Å². The van der Waals surface area contributed by atoms with Crippen molar-refractivity contribution < 1.29 is 9.59 Å². The van der Waals surface area contributed by atoms with Crippen LogP contribution in [-0.2, 0) is 6.42 Å².